The maximum Gasteiger partial charge on any atom is 0.299 e. The van der Waals surface area contributed by atoms with Gasteiger partial charge in [0.1, 0.15) is 0 Å². The predicted octanol–water partition coefficient (Wildman–Crippen LogP) is 1.38. The molecule has 0 aromatic carbocycles. The normalized spacial score (nSPS) is 11.9. The van der Waals surface area contributed by atoms with Gasteiger partial charge < -0.3 is 8.43 Å². The summed E-state index contributed by atoms with van der Waals surface area (Å²) in [5.41, 5.74) is 0. The van der Waals surface area contributed by atoms with Crippen LogP contribution in [0, 0.1) is 0 Å². The topological polar surface area (TPSA) is 35.5 Å². The maximum absolute atomic E-state index is 10.9. The summed E-state index contributed by atoms with van der Waals surface area (Å²) >= 11 is 0. The fourth-order valence-corrected chi connectivity index (χ4v) is 4.21. The van der Waals surface area contributed by atoms with Crippen molar-refractivity contribution >= 4 is 26.3 Å². The van der Waals surface area contributed by atoms with Crippen molar-refractivity contribution in [2.24, 2.45) is 0 Å². The molecule has 0 atom stereocenters. The van der Waals surface area contributed by atoms with Crippen molar-refractivity contribution < 1.29 is 13.0 Å². The van der Waals surface area contributed by atoms with Crippen molar-refractivity contribution in [3.63, 3.8) is 0 Å². The molecule has 0 aliphatic rings. The van der Waals surface area contributed by atoms with Crippen LogP contribution in [-0.4, -0.2) is 18.1 Å². The zero-order valence-corrected chi connectivity index (χ0v) is 10.2. The van der Waals surface area contributed by atoms with Gasteiger partial charge in [-0.05, 0) is 26.2 Å². The quantitative estimate of drug-likeness (QED) is 0.505. The highest BCUT2D eigenvalue weighted by molar-refractivity contribution is 7.36. The first-order valence-corrected chi connectivity index (χ1v) is 10.2. The molecule has 0 spiro atoms. The average Bonchev–Trinajstić information content (AvgIpc) is 1.58. The molecule has 0 bridgehead atoms. The van der Waals surface area contributed by atoms with Crippen molar-refractivity contribution in [2.45, 2.75) is 26.2 Å². The Morgan fingerprint density at radius 3 is 1.50 bits per heavy atom. The smallest absolute Gasteiger partial charge is 0.299 e. The second-order valence-corrected chi connectivity index (χ2v) is 9.16. The van der Waals surface area contributed by atoms with Gasteiger partial charge in [0.15, 0.2) is 18.1 Å². The van der Waals surface area contributed by atoms with Crippen LogP contribution in [0.15, 0.2) is 0 Å². The zero-order chi connectivity index (χ0) is 8.15. The fraction of sp³-hybridized carbons (Fsp3) is 1.00. The van der Waals surface area contributed by atoms with E-state index in [1.54, 1.807) is 0 Å². The highest BCUT2D eigenvalue weighted by Gasteiger charge is 2.05. The van der Waals surface area contributed by atoms with Crippen LogP contribution in [0.25, 0.3) is 0 Å². The molecule has 3 nitrogen and oxygen atoms in total. The van der Waals surface area contributed by atoms with Crippen LogP contribution in [0.4, 0.5) is 0 Å². The third-order valence-corrected chi connectivity index (χ3v) is 5.97. The van der Waals surface area contributed by atoms with E-state index in [-0.39, 0.29) is 0 Å². The maximum atomic E-state index is 10.9. The van der Waals surface area contributed by atoms with Crippen molar-refractivity contribution in [1.29, 1.82) is 0 Å². The minimum Gasteiger partial charge on any atom is -0.357 e. The van der Waals surface area contributed by atoms with Crippen LogP contribution >= 0.6 is 8.25 Å². The SMILES string of the molecule is C[SiH](C)O[PH](=O)O[SiH](C)C. The van der Waals surface area contributed by atoms with Gasteiger partial charge in [-0.1, -0.05) is 0 Å². The van der Waals surface area contributed by atoms with E-state index < -0.39 is 26.3 Å². The molecule has 0 rings (SSSR count). The zero-order valence-electron chi connectivity index (χ0n) is 6.88. The molecule has 0 aliphatic heterocycles. The molecule has 0 heterocycles. The van der Waals surface area contributed by atoms with Crippen molar-refractivity contribution in [2.75, 3.05) is 0 Å². The largest absolute Gasteiger partial charge is 0.357 e. The Kier molecular flexibility index (Phi) is 5.57. The minimum atomic E-state index is -2.12. The first-order valence-electron chi connectivity index (χ1n) is 3.39. The van der Waals surface area contributed by atoms with E-state index in [2.05, 4.69) is 0 Å². The standard InChI is InChI=1S/C4H15O3PSi2/c1-9(2)6-8(5)7-10(3)4/h8-10H,1-4H3. The third-order valence-electron chi connectivity index (χ3n) is 0.664. The molecule has 0 N–H and O–H groups in total. The lowest BCUT2D eigenvalue weighted by atomic mass is 11.9. The van der Waals surface area contributed by atoms with Crippen LogP contribution < -0.4 is 0 Å². The van der Waals surface area contributed by atoms with E-state index >= 15 is 0 Å². The summed E-state index contributed by atoms with van der Waals surface area (Å²) in [6, 6.07) is 0. The van der Waals surface area contributed by atoms with Gasteiger partial charge in [0.05, 0.1) is 0 Å². The summed E-state index contributed by atoms with van der Waals surface area (Å²) in [5, 5.41) is 0. The molecule has 0 fully saturated rings. The molecule has 0 unspecified atom stereocenters. The van der Waals surface area contributed by atoms with E-state index in [0.717, 1.165) is 0 Å². The van der Waals surface area contributed by atoms with Crippen molar-refractivity contribution in [3.05, 3.63) is 0 Å². The lowest BCUT2D eigenvalue weighted by Crippen LogP contribution is -2.06. The highest BCUT2D eigenvalue weighted by atomic mass is 31.1. The van der Waals surface area contributed by atoms with E-state index in [1.165, 1.54) is 0 Å². The van der Waals surface area contributed by atoms with Crippen LogP contribution in [0.5, 0.6) is 0 Å². The molecule has 0 amide bonds. The Morgan fingerprint density at radius 2 is 1.30 bits per heavy atom. The second kappa shape index (κ2) is 5.26. The summed E-state index contributed by atoms with van der Waals surface area (Å²) in [7, 11) is -4.43. The lowest BCUT2D eigenvalue weighted by Gasteiger charge is -2.08. The Labute approximate surface area is 66.1 Å². The third kappa shape index (κ3) is 6.70. The molecule has 0 aromatic rings. The van der Waals surface area contributed by atoms with Crippen molar-refractivity contribution in [3.8, 4) is 0 Å². The van der Waals surface area contributed by atoms with Gasteiger partial charge in [0, 0.05) is 0 Å². The van der Waals surface area contributed by atoms with Gasteiger partial charge in [-0.15, -0.1) is 0 Å². The molecule has 0 aromatic heterocycles. The molecule has 0 saturated carbocycles. The van der Waals surface area contributed by atoms with E-state index in [4.69, 9.17) is 8.43 Å². The molecule has 10 heavy (non-hydrogen) atoms. The first kappa shape index (κ1) is 10.6. The highest BCUT2D eigenvalue weighted by Crippen LogP contribution is 2.25. The molecule has 62 valence electrons. The summed E-state index contributed by atoms with van der Waals surface area (Å²) in [6.45, 7) is 7.92. The summed E-state index contributed by atoms with van der Waals surface area (Å²) in [6.07, 6.45) is 0. The van der Waals surface area contributed by atoms with Crippen LogP contribution in [0.1, 0.15) is 0 Å². The van der Waals surface area contributed by atoms with E-state index in [0.29, 0.717) is 0 Å². The second-order valence-electron chi connectivity index (χ2n) is 2.58. The Bertz CT molecular complexity index is 105. The van der Waals surface area contributed by atoms with Gasteiger partial charge >= 0.3 is 0 Å². The van der Waals surface area contributed by atoms with Gasteiger partial charge in [-0.3, -0.25) is 4.57 Å². The average molecular weight is 198 g/mol. The summed E-state index contributed by atoms with van der Waals surface area (Å²) in [4.78, 5) is 0. The summed E-state index contributed by atoms with van der Waals surface area (Å²) < 4.78 is 21.0. The number of rotatable bonds is 4. The molecule has 0 aliphatic carbocycles. The molecule has 0 saturated heterocycles. The molecule has 6 heteroatoms. The van der Waals surface area contributed by atoms with Crippen LogP contribution in [0.2, 0.25) is 26.2 Å². The lowest BCUT2D eigenvalue weighted by molar-refractivity contribution is 0.426. The monoisotopic (exact) mass is 198 g/mol. The van der Waals surface area contributed by atoms with Gasteiger partial charge in [-0.25, -0.2) is 0 Å². The molecular formula is C4H15O3PSi2. The van der Waals surface area contributed by atoms with Crippen LogP contribution in [0.3, 0.4) is 0 Å². The van der Waals surface area contributed by atoms with Gasteiger partial charge in [-0.2, -0.15) is 0 Å². The summed E-state index contributed by atoms with van der Waals surface area (Å²) in [5.74, 6) is 0. The molecular weight excluding hydrogens is 183 g/mol. The Morgan fingerprint density at radius 1 is 1.00 bits per heavy atom. The predicted molar refractivity (Wildman–Crippen MR) is 48.9 cm³/mol. The van der Waals surface area contributed by atoms with Crippen molar-refractivity contribution in [1.82, 2.24) is 0 Å². The number of hydrogen-bond donors (Lipinski definition) is 0. The Hall–Kier alpha value is 0.584. The van der Waals surface area contributed by atoms with Gasteiger partial charge in [0.2, 0.25) is 0 Å². The van der Waals surface area contributed by atoms with Crippen LogP contribution in [-0.2, 0) is 13.0 Å². The minimum absolute atomic E-state index is 1.16. The number of hydrogen-bond acceptors (Lipinski definition) is 3. The van der Waals surface area contributed by atoms with Gasteiger partial charge in [0.25, 0.3) is 8.25 Å². The van der Waals surface area contributed by atoms with E-state index in [9.17, 15) is 4.57 Å². The van der Waals surface area contributed by atoms with E-state index in [1.807, 2.05) is 26.2 Å². The fourth-order valence-electron chi connectivity index (χ4n) is 0.413. The molecule has 0 radical (unpaired) electrons. The Balaban J connectivity index is 3.44. The first-order chi connectivity index (χ1) is 4.52.